The number of hydrogen-bond donors (Lipinski definition) is 2. The highest BCUT2D eigenvalue weighted by Crippen LogP contribution is 2.33. The first-order chi connectivity index (χ1) is 9.32. The zero-order valence-corrected chi connectivity index (χ0v) is 10.9. The van der Waals surface area contributed by atoms with E-state index in [-0.39, 0.29) is 0 Å². The van der Waals surface area contributed by atoms with Gasteiger partial charge in [-0.05, 0) is 12.5 Å². The van der Waals surface area contributed by atoms with E-state index in [1.807, 2.05) is 12.1 Å². The maximum atomic E-state index is 12.7. The molecular weight excluding hydrogens is 271 g/mol. The van der Waals surface area contributed by atoms with Crippen molar-refractivity contribution in [3.63, 3.8) is 0 Å². The number of aliphatic hydroxyl groups excluding tert-OH is 1. The Balaban J connectivity index is 2.56. The molecule has 1 aromatic carbocycles. The summed E-state index contributed by atoms with van der Waals surface area (Å²) in [6.45, 7) is 1.62. The number of fused-ring (bicyclic) bond motifs is 1. The highest BCUT2D eigenvalue weighted by Gasteiger charge is 2.42. The van der Waals surface area contributed by atoms with Gasteiger partial charge in [-0.25, -0.2) is 0 Å². The maximum absolute atomic E-state index is 12.7. The van der Waals surface area contributed by atoms with E-state index in [0.717, 1.165) is 18.9 Å². The number of aliphatic hydroxyl groups is 1. The van der Waals surface area contributed by atoms with Gasteiger partial charge in [0.05, 0.1) is 6.54 Å². The SMILES string of the molecule is CC(=O)C(=C(O)C(F)(F)F)[C@H]1[NH2+]CCc2ccccc21. The van der Waals surface area contributed by atoms with E-state index < -0.39 is 29.3 Å². The molecule has 0 fully saturated rings. The molecule has 0 bridgehead atoms. The van der Waals surface area contributed by atoms with Crippen molar-refractivity contribution in [2.24, 2.45) is 0 Å². The second-order valence-electron chi connectivity index (χ2n) is 4.77. The number of carbonyl (C=O) groups excluding carboxylic acids is 1. The summed E-state index contributed by atoms with van der Waals surface area (Å²) >= 11 is 0. The van der Waals surface area contributed by atoms with Gasteiger partial charge in [0, 0.05) is 12.0 Å². The van der Waals surface area contributed by atoms with Crippen LogP contribution in [0, 0.1) is 0 Å². The first-order valence-electron chi connectivity index (χ1n) is 6.24. The molecule has 0 spiro atoms. The van der Waals surface area contributed by atoms with Gasteiger partial charge in [0.1, 0.15) is 11.6 Å². The average molecular weight is 286 g/mol. The fourth-order valence-electron chi connectivity index (χ4n) is 2.56. The molecule has 3 nitrogen and oxygen atoms in total. The van der Waals surface area contributed by atoms with Crippen LogP contribution in [0.5, 0.6) is 0 Å². The summed E-state index contributed by atoms with van der Waals surface area (Å²) in [7, 11) is 0. The number of alkyl halides is 3. The Hall–Kier alpha value is -1.82. The van der Waals surface area contributed by atoms with Crippen LogP contribution in [0.2, 0.25) is 0 Å². The molecule has 6 heteroatoms. The largest absolute Gasteiger partial charge is 0.504 e. The summed E-state index contributed by atoms with van der Waals surface area (Å²) in [4.78, 5) is 11.6. The van der Waals surface area contributed by atoms with Crippen molar-refractivity contribution in [3.05, 3.63) is 46.7 Å². The lowest BCUT2D eigenvalue weighted by atomic mass is 9.87. The molecule has 0 saturated heterocycles. The van der Waals surface area contributed by atoms with E-state index in [9.17, 15) is 23.1 Å². The van der Waals surface area contributed by atoms with Crippen LogP contribution in [0.1, 0.15) is 24.1 Å². The molecule has 3 N–H and O–H groups in total. The minimum Gasteiger partial charge on any atom is -0.504 e. The molecule has 0 aromatic heterocycles. The first kappa shape index (κ1) is 14.6. The Labute approximate surface area is 114 Å². The predicted molar refractivity (Wildman–Crippen MR) is 66.1 cm³/mol. The van der Waals surface area contributed by atoms with Crippen molar-refractivity contribution in [1.29, 1.82) is 0 Å². The Morgan fingerprint density at radius 2 is 2.00 bits per heavy atom. The minimum absolute atomic E-state index is 0.573. The van der Waals surface area contributed by atoms with E-state index in [1.165, 1.54) is 0 Å². The zero-order chi connectivity index (χ0) is 14.9. The molecule has 0 amide bonds. The number of allylic oxidation sites excluding steroid dienone is 1. The van der Waals surface area contributed by atoms with Crippen molar-refractivity contribution in [1.82, 2.24) is 0 Å². The quantitative estimate of drug-likeness (QED) is 0.643. The van der Waals surface area contributed by atoms with Crippen LogP contribution in [-0.4, -0.2) is 23.6 Å². The summed E-state index contributed by atoms with van der Waals surface area (Å²) in [5, 5.41) is 11.1. The summed E-state index contributed by atoms with van der Waals surface area (Å²) < 4.78 is 38.1. The molecule has 1 heterocycles. The maximum Gasteiger partial charge on any atom is 0.449 e. The molecule has 1 aromatic rings. The van der Waals surface area contributed by atoms with Gasteiger partial charge in [-0.1, -0.05) is 24.3 Å². The van der Waals surface area contributed by atoms with Gasteiger partial charge in [-0.15, -0.1) is 0 Å². The predicted octanol–water partition coefficient (Wildman–Crippen LogP) is 1.81. The van der Waals surface area contributed by atoms with Crippen molar-refractivity contribution < 1.29 is 28.4 Å². The third-order valence-electron chi connectivity index (χ3n) is 3.42. The first-order valence-corrected chi connectivity index (χ1v) is 6.24. The normalized spacial score (nSPS) is 20.1. The van der Waals surface area contributed by atoms with Crippen LogP contribution in [0.3, 0.4) is 0 Å². The van der Waals surface area contributed by atoms with Gasteiger partial charge < -0.3 is 10.4 Å². The molecular formula is C14H15F3NO2+. The van der Waals surface area contributed by atoms with Crippen molar-refractivity contribution in [2.45, 2.75) is 25.6 Å². The van der Waals surface area contributed by atoms with Gasteiger partial charge in [0.15, 0.2) is 5.78 Å². The molecule has 1 aliphatic heterocycles. The third-order valence-corrected chi connectivity index (χ3v) is 3.42. The number of ketones is 1. The van der Waals surface area contributed by atoms with E-state index in [0.29, 0.717) is 12.1 Å². The van der Waals surface area contributed by atoms with Gasteiger partial charge in [0.25, 0.3) is 0 Å². The summed E-state index contributed by atoms with van der Waals surface area (Å²) in [6, 6.07) is 6.24. The van der Waals surface area contributed by atoms with E-state index in [2.05, 4.69) is 0 Å². The number of Topliss-reactive ketones (excluding diaryl/α,β-unsaturated/α-hetero) is 1. The number of rotatable bonds is 2. The zero-order valence-electron chi connectivity index (χ0n) is 10.9. The molecule has 108 valence electrons. The molecule has 0 aliphatic carbocycles. The van der Waals surface area contributed by atoms with Crippen LogP contribution >= 0.6 is 0 Å². The van der Waals surface area contributed by atoms with Crippen LogP contribution < -0.4 is 5.32 Å². The number of carbonyl (C=O) groups is 1. The summed E-state index contributed by atoms with van der Waals surface area (Å²) in [5.41, 5.74) is 0.984. The minimum atomic E-state index is -4.92. The number of halogens is 3. The average Bonchev–Trinajstić information content (AvgIpc) is 2.37. The highest BCUT2D eigenvalue weighted by molar-refractivity contribution is 5.95. The molecule has 0 radical (unpaired) electrons. The smallest absolute Gasteiger partial charge is 0.449 e. The highest BCUT2D eigenvalue weighted by atomic mass is 19.4. The molecule has 20 heavy (non-hydrogen) atoms. The van der Waals surface area contributed by atoms with E-state index >= 15 is 0 Å². The van der Waals surface area contributed by atoms with E-state index in [1.54, 1.807) is 17.4 Å². The van der Waals surface area contributed by atoms with Gasteiger partial charge >= 0.3 is 6.18 Å². The fraction of sp³-hybridized carbons (Fsp3) is 0.357. The van der Waals surface area contributed by atoms with Crippen molar-refractivity contribution in [3.8, 4) is 0 Å². The lowest BCUT2D eigenvalue weighted by Gasteiger charge is -2.25. The van der Waals surface area contributed by atoms with Crippen LogP contribution in [0.4, 0.5) is 13.2 Å². The third kappa shape index (κ3) is 2.70. The van der Waals surface area contributed by atoms with Crippen LogP contribution in [-0.2, 0) is 11.2 Å². The molecule has 2 rings (SSSR count). The Kier molecular flexibility index (Phi) is 3.85. The topological polar surface area (TPSA) is 53.9 Å². The second-order valence-corrected chi connectivity index (χ2v) is 4.77. The standard InChI is InChI=1S/C14H14F3NO2/c1-8(19)11(13(20)14(15,16)17)12-10-5-3-2-4-9(10)6-7-18-12/h2-5,12,18,20H,6-7H2,1H3/p+1/t12-/m0/s1. The van der Waals surface area contributed by atoms with Gasteiger partial charge in [-0.2, -0.15) is 13.2 Å². The Morgan fingerprint density at radius 3 is 2.60 bits per heavy atom. The van der Waals surface area contributed by atoms with Crippen LogP contribution in [0.15, 0.2) is 35.6 Å². The van der Waals surface area contributed by atoms with Crippen molar-refractivity contribution in [2.75, 3.05) is 6.54 Å². The van der Waals surface area contributed by atoms with Crippen molar-refractivity contribution >= 4 is 5.78 Å². The lowest BCUT2D eigenvalue weighted by Crippen LogP contribution is -2.87. The number of quaternary nitrogens is 1. The fourth-order valence-corrected chi connectivity index (χ4v) is 2.56. The van der Waals surface area contributed by atoms with Crippen LogP contribution in [0.25, 0.3) is 0 Å². The van der Waals surface area contributed by atoms with E-state index in [4.69, 9.17) is 0 Å². The summed E-state index contributed by atoms with van der Waals surface area (Å²) in [5.74, 6) is -2.55. The Morgan fingerprint density at radius 1 is 1.35 bits per heavy atom. The number of nitrogens with two attached hydrogens (primary N) is 1. The number of hydrogen-bond acceptors (Lipinski definition) is 2. The lowest BCUT2D eigenvalue weighted by molar-refractivity contribution is -0.690. The summed E-state index contributed by atoms with van der Waals surface area (Å²) in [6.07, 6.45) is -4.19. The second kappa shape index (κ2) is 5.28. The molecule has 0 unspecified atom stereocenters. The molecule has 1 atom stereocenters. The Bertz CT molecular complexity index is 564. The molecule has 0 saturated carbocycles. The monoisotopic (exact) mass is 286 g/mol. The van der Waals surface area contributed by atoms with Gasteiger partial charge in [-0.3, -0.25) is 4.79 Å². The van der Waals surface area contributed by atoms with Gasteiger partial charge in [0.2, 0.25) is 5.76 Å². The molecule has 1 aliphatic rings. The number of benzene rings is 1.